The van der Waals surface area contributed by atoms with Gasteiger partial charge < -0.3 is 15.4 Å². The fourth-order valence-corrected chi connectivity index (χ4v) is 1.77. The van der Waals surface area contributed by atoms with E-state index in [0.717, 1.165) is 0 Å². The fourth-order valence-electron chi connectivity index (χ4n) is 1.77. The molecule has 86 valence electrons. The summed E-state index contributed by atoms with van der Waals surface area (Å²) in [6, 6.07) is 7.44. The highest BCUT2D eigenvalue weighted by molar-refractivity contribution is 5.97. The van der Waals surface area contributed by atoms with E-state index in [0.29, 0.717) is 31.0 Å². The third-order valence-electron chi connectivity index (χ3n) is 2.61. The molecular weight excluding hydrogens is 204 g/mol. The van der Waals surface area contributed by atoms with Gasteiger partial charge in [-0.05, 0) is 19.1 Å². The molecule has 0 aromatic heterocycles. The number of para-hydroxylation sites is 1. The Kier molecular flexibility index (Phi) is 3.10. The van der Waals surface area contributed by atoms with Gasteiger partial charge in [-0.25, -0.2) is 0 Å². The summed E-state index contributed by atoms with van der Waals surface area (Å²) in [5.74, 6) is 0.654. The lowest BCUT2D eigenvalue weighted by Crippen LogP contribution is -2.57. The molecule has 1 aromatic carbocycles. The Morgan fingerprint density at radius 3 is 2.81 bits per heavy atom. The minimum atomic E-state index is 0.00532. The van der Waals surface area contributed by atoms with Crippen LogP contribution in [0.25, 0.3) is 0 Å². The average Bonchev–Trinajstić information content (AvgIpc) is 2.25. The molecule has 1 heterocycles. The van der Waals surface area contributed by atoms with Gasteiger partial charge in [0.05, 0.1) is 12.2 Å². The third kappa shape index (κ3) is 2.02. The highest BCUT2D eigenvalue weighted by Crippen LogP contribution is 2.21. The highest BCUT2D eigenvalue weighted by atomic mass is 16.5. The van der Waals surface area contributed by atoms with Crippen molar-refractivity contribution in [3.8, 4) is 5.75 Å². The van der Waals surface area contributed by atoms with Crippen LogP contribution in [0.15, 0.2) is 24.3 Å². The first-order chi connectivity index (χ1) is 7.72. The molecule has 1 aliphatic rings. The van der Waals surface area contributed by atoms with E-state index in [-0.39, 0.29) is 11.9 Å². The van der Waals surface area contributed by atoms with Gasteiger partial charge in [-0.2, -0.15) is 0 Å². The molecule has 1 amide bonds. The molecule has 1 aliphatic heterocycles. The van der Waals surface area contributed by atoms with Crippen LogP contribution in [0, 0.1) is 0 Å². The minimum Gasteiger partial charge on any atom is -0.493 e. The van der Waals surface area contributed by atoms with Crippen molar-refractivity contribution in [2.75, 3.05) is 19.7 Å². The first kappa shape index (κ1) is 11.0. The van der Waals surface area contributed by atoms with Gasteiger partial charge in [0.2, 0.25) is 0 Å². The van der Waals surface area contributed by atoms with Crippen LogP contribution in [0.4, 0.5) is 0 Å². The van der Waals surface area contributed by atoms with Crippen LogP contribution in [0.1, 0.15) is 17.3 Å². The van der Waals surface area contributed by atoms with Crippen molar-refractivity contribution < 1.29 is 9.53 Å². The molecule has 0 bridgehead atoms. The van der Waals surface area contributed by atoms with Crippen LogP contribution in [0.3, 0.4) is 0 Å². The summed E-state index contributed by atoms with van der Waals surface area (Å²) in [4.78, 5) is 13.8. The van der Waals surface area contributed by atoms with Crippen LogP contribution in [0.5, 0.6) is 5.75 Å². The number of ether oxygens (including phenoxy) is 1. The first-order valence-corrected chi connectivity index (χ1v) is 5.49. The summed E-state index contributed by atoms with van der Waals surface area (Å²) in [5.41, 5.74) is 6.28. The van der Waals surface area contributed by atoms with Crippen molar-refractivity contribution in [1.82, 2.24) is 4.90 Å². The van der Waals surface area contributed by atoms with Crippen molar-refractivity contribution in [2.45, 2.75) is 13.0 Å². The van der Waals surface area contributed by atoms with Crippen LogP contribution in [0.2, 0.25) is 0 Å². The van der Waals surface area contributed by atoms with Gasteiger partial charge in [-0.15, -0.1) is 0 Å². The second-order valence-corrected chi connectivity index (χ2v) is 3.90. The predicted octanol–water partition coefficient (Wildman–Crippen LogP) is 0.868. The quantitative estimate of drug-likeness (QED) is 0.822. The number of carbonyl (C=O) groups is 1. The normalized spacial score (nSPS) is 15.8. The van der Waals surface area contributed by atoms with Gasteiger partial charge >= 0.3 is 0 Å². The van der Waals surface area contributed by atoms with Gasteiger partial charge in [0.1, 0.15) is 5.75 Å². The smallest absolute Gasteiger partial charge is 0.257 e. The fraction of sp³-hybridized carbons (Fsp3) is 0.417. The summed E-state index contributed by atoms with van der Waals surface area (Å²) < 4.78 is 5.42. The summed E-state index contributed by atoms with van der Waals surface area (Å²) >= 11 is 0. The standard InChI is InChI=1S/C12H16N2O2/c1-2-16-11-6-4-3-5-10(11)12(15)14-7-9(13)8-14/h3-6,9H,2,7-8,13H2,1H3. The van der Waals surface area contributed by atoms with E-state index in [1.807, 2.05) is 25.1 Å². The number of hydrogen-bond acceptors (Lipinski definition) is 3. The lowest BCUT2D eigenvalue weighted by atomic mass is 10.1. The average molecular weight is 220 g/mol. The zero-order chi connectivity index (χ0) is 11.5. The molecule has 0 aliphatic carbocycles. The molecule has 1 fully saturated rings. The maximum atomic E-state index is 12.1. The summed E-state index contributed by atoms with van der Waals surface area (Å²) in [6.45, 7) is 3.74. The molecule has 4 nitrogen and oxygen atoms in total. The van der Waals surface area contributed by atoms with Crippen LogP contribution in [-0.4, -0.2) is 36.5 Å². The van der Waals surface area contributed by atoms with Gasteiger partial charge in [0, 0.05) is 19.1 Å². The summed E-state index contributed by atoms with van der Waals surface area (Å²) in [7, 11) is 0. The lowest BCUT2D eigenvalue weighted by Gasteiger charge is -2.37. The van der Waals surface area contributed by atoms with E-state index >= 15 is 0 Å². The molecule has 16 heavy (non-hydrogen) atoms. The van der Waals surface area contributed by atoms with Crippen LogP contribution >= 0.6 is 0 Å². The Labute approximate surface area is 95.0 Å². The number of rotatable bonds is 3. The number of benzene rings is 1. The molecule has 2 N–H and O–H groups in total. The van der Waals surface area contributed by atoms with E-state index in [4.69, 9.17) is 10.5 Å². The molecule has 4 heteroatoms. The van der Waals surface area contributed by atoms with Crippen LogP contribution < -0.4 is 10.5 Å². The van der Waals surface area contributed by atoms with Crippen molar-refractivity contribution in [3.05, 3.63) is 29.8 Å². The van der Waals surface area contributed by atoms with Crippen molar-refractivity contribution in [1.29, 1.82) is 0 Å². The van der Waals surface area contributed by atoms with Gasteiger partial charge in [-0.1, -0.05) is 12.1 Å². The molecule has 0 unspecified atom stereocenters. The van der Waals surface area contributed by atoms with Gasteiger partial charge in [0.15, 0.2) is 0 Å². The lowest BCUT2D eigenvalue weighted by molar-refractivity contribution is 0.0604. The Bertz CT molecular complexity index is 386. The third-order valence-corrected chi connectivity index (χ3v) is 2.61. The predicted molar refractivity (Wildman–Crippen MR) is 61.5 cm³/mol. The Morgan fingerprint density at radius 1 is 1.50 bits per heavy atom. The van der Waals surface area contributed by atoms with Gasteiger partial charge in [0.25, 0.3) is 5.91 Å². The topological polar surface area (TPSA) is 55.6 Å². The molecule has 0 atom stereocenters. The maximum Gasteiger partial charge on any atom is 0.257 e. The highest BCUT2D eigenvalue weighted by Gasteiger charge is 2.29. The second-order valence-electron chi connectivity index (χ2n) is 3.90. The number of amides is 1. The molecule has 0 spiro atoms. The Morgan fingerprint density at radius 2 is 2.19 bits per heavy atom. The minimum absolute atomic E-state index is 0.00532. The number of carbonyl (C=O) groups excluding carboxylic acids is 1. The Hall–Kier alpha value is -1.55. The SMILES string of the molecule is CCOc1ccccc1C(=O)N1CC(N)C1. The largest absolute Gasteiger partial charge is 0.493 e. The molecular formula is C12H16N2O2. The van der Waals surface area contributed by atoms with E-state index in [9.17, 15) is 4.79 Å². The number of likely N-dealkylation sites (tertiary alicyclic amines) is 1. The van der Waals surface area contributed by atoms with E-state index < -0.39 is 0 Å². The van der Waals surface area contributed by atoms with Crippen molar-refractivity contribution >= 4 is 5.91 Å². The first-order valence-electron chi connectivity index (χ1n) is 5.49. The zero-order valence-corrected chi connectivity index (χ0v) is 9.35. The second kappa shape index (κ2) is 4.53. The Balaban J connectivity index is 2.16. The monoisotopic (exact) mass is 220 g/mol. The molecule has 1 saturated heterocycles. The summed E-state index contributed by atoms with van der Waals surface area (Å²) in [6.07, 6.45) is 0. The van der Waals surface area contributed by atoms with E-state index in [2.05, 4.69) is 0 Å². The molecule has 0 saturated carbocycles. The van der Waals surface area contributed by atoms with Crippen molar-refractivity contribution in [3.63, 3.8) is 0 Å². The number of hydrogen-bond donors (Lipinski definition) is 1. The summed E-state index contributed by atoms with van der Waals surface area (Å²) in [5, 5.41) is 0. The molecule has 1 aromatic rings. The van der Waals surface area contributed by atoms with E-state index in [1.165, 1.54) is 0 Å². The van der Waals surface area contributed by atoms with E-state index in [1.54, 1.807) is 11.0 Å². The molecule has 0 radical (unpaired) electrons. The molecule has 2 rings (SSSR count). The maximum absolute atomic E-state index is 12.1. The number of nitrogens with zero attached hydrogens (tertiary/aromatic N) is 1. The van der Waals surface area contributed by atoms with Gasteiger partial charge in [-0.3, -0.25) is 4.79 Å². The van der Waals surface area contributed by atoms with Crippen LogP contribution in [-0.2, 0) is 0 Å². The van der Waals surface area contributed by atoms with Crippen molar-refractivity contribution in [2.24, 2.45) is 5.73 Å². The zero-order valence-electron chi connectivity index (χ0n) is 9.35. The number of nitrogens with two attached hydrogens (primary N) is 1.